The molecule has 0 amide bonds. The van der Waals surface area contributed by atoms with Crippen molar-refractivity contribution in [2.75, 3.05) is 52.7 Å². The smallest absolute Gasteiger partial charge is 0.104 e. The lowest BCUT2D eigenvalue weighted by Crippen LogP contribution is -2.41. The third kappa shape index (κ3) is 15.0. The minimum absolute atomic E-state index is 0.0741. The Morgan fingerprint density at radius 2 is 0.828 bits per heavy atom. The standard InChI is InChI=1S/C15H35N3O9.C2H6/c16-1-10(19)13(22)6-25-4-9(27-8-15(24)12(21)3-18)5-26-7-14(23)11(20)2-17;1-2/h9-15,19-24H,1-8,16-18H2;1-2H3. The summed E-state index contributed by atoms with van der Waals surface area (Å²) in [6, 6.07) is 0. The summed E-state index contributed by atoms with van der Waals surface area (Å²) in [7, 11) is 0. The highest BCUT2D eigenvalue weighted by molar-refractivity contribution is 4.71. The maximum atomic E-state index is 9.69. The normalized spacial score (nSPS) is 18.7. The molecule has 178 valence electrons. The Hall–Kier alpha value is -0.480. The Morgan fingerprint density at radius 3 is 1.14 bits per heavy atom. The van der Waals surface area contributed by atoms with Crippen molar-refractivity contribution in [2.45, 2.75) is 56.6 Å². The number of hydrogen-bond donors (Lipinski definition) is 9. The number of rotatable bonds is 17. The summed E-state index contributed by atoms with van der Waals surface area (Å²) in [5.41, 5.74) is 15.7. The van der Waals surface area contributed by atoms with E-state index in [4.69, 9.17) is 31.4 Å². The molecule has 0 spiro atoms. The highest BCUT2D eigenvalue weighted by Gasteiger charge is 2.21. The van der Waals surface area contributed by atoms with Crippen LogP contribution < -0.4 is 17.2 Å². The molecule has 29 heavy (non-hydrogen) atoms. The lowest BCUT2D eigenvalue weighted by molar-refractivity contribution is -0.120. The maximum Gasteiger partial charge on any atom is 0.104 e. The van der Waals surface area contributed by atoms with Gasteiger partial charge in [0.1, 0.15) is 24.4 Å². The van der Waals surface area contributed by atoms with Gasteiger partial charge in [0.25, 0.3) is 0 Å². The lowest BCUT2D eigenvalue weighted by atomic mass is 10.2. The van der Waals surface area contributed by atoms with Gasteiger partial charge in [-0.1, -0.05) is 13.8 Å². The van der Waals surface area contributed by atoms with E-state index in [1.54, 1.807) is 0 Å². The van der Waals surface area contributed by atoms with Crippen LogP contribution in [0.2, 0.25) is 0 Å². The average molecular weight is 432 g/mol. The molecule has 12 heteroatoms. The first-order valence-corrected chi connectivity index (χ1v) is 9.72. The molecule has 0 heterocycles. The quantitative estimate of drug-likeness (QED) is 0.106. The van der Waals surface area contributed by atoms with Gasteiger partial charge >= 0.3 is 0 Å². The molecule has 6 atom stereocenters. The van der Waals surface area contributed by atoms with Crippen LogP contribution in [0.25, 0.3) is 0 Å². The van der Waals surface area contributed by atoms with E-state index in [1.165, 1.54) is 0 Å². The van der Waals surface area contributed by atoms with Crippen LogP contribution in [-0.4, -0.2) is 126 Å². The molecule has 0 aliphatic rings. The SMILES string of the molecule is CC.NCC(O)C(O)COCC(COCC(O)C(O)CN)OCC(O)C(O)CN. The monoisotopic (exact) mass is 431 g/mol. The van der Waals surface area contributed by atoms with Gasteiger partial charge in [-0.2, -0.15) is 0 Å². The van der Waals surface area contributed by atoms with E-state index in [0.29, 0.717) is 0 Å². The molecule has 0 fully saturated rings. The first-order valence-electron chi connectivity index (χ1n) is 9.72. The van der Waals surface area contributed by atoms with Crippen molar-refractivity contribution >= 4 is 0 Å². The number of aliphatic hydroxyl groups excluding tert-OH is 6. The Kier molecular flexibility index (Phi) is 20.6. The van der Waals surface area contributed by atoms with Crippen molar-refractivity contribution in [3.05, 3.63) is 0 Å². The molecular formula is C17H41N3O9. The fraction of sp³-hybridized carbons (Fsp3) is 1.00. The van der Waals surface area contributed by atoms with Crippen LogP contribution in [0.15, 0.2) is 0 Å². The molecule has 0 radical (unpaired) electrons. The summed E-state index contributed by atoms with van der Waals surface area (Å²) in [4.78, 5) is 0. The molecular weight excluding hydrogens is 390 g/mol. The van der Waals surface area contributed by atoms with E-state index >= 15 is 0 Å². The van der Waals surface area contributed by atoms with Crippen molar-refractivity contribution in [3.8, 4) is 0 Å². The Labute approximate surface area is 172 Å². The fourth-order valence-corrected chi connectivity index (χ4v) is 1.82. The second kappa shape index (κ2) is 19.5. The van der Waals surface area contributed by atoms with Crippen molar-refractivity contribution in [2.24, 2.45) is 17.2 Å². The Morgan fingerprint density at radius 1 is 0.517 bits per heavy atom. The first-order chi connectivity index (χ1) is 13.8. The number of aliphatic hydroxyl groups is 6. The third-order valence-corrected chi connectivity index (χ3v) is 3.74. The van der Waals surface area contributed by atoms with E-state index in [-0.39, 0.29) is 52.7 Å². The van der Waals surface area contributed by atoms with Gasteiger partial charge in [-0.15, -0.1) is 0 Å². The summed E-state index contributed by atoms with van der Waals surface area (Å²) in [6.07, 6.45) is -7.72. The van der Waals surface area contributed by atoms with Crippen LogP contribution in [0.1, 0.15) is 13.8 Å². The van der Waals surface area contributed by atoms with E-state index in [0.717, 1.165) is 0 Å². The van der Waals surface area contributed by atoms with E-state index in [2.05, 4.69) is 0 Å². The predicted octanol–water partition coefficient (Wildman–Crippen LogP) is -4.53. The van der Waals surface area contributed by atoms with Gasteiger partial charge in [0.2, 0.25) is 0 Å². The molecule has 0 aromatic rings. The van der Waals surface area contributed by atoms with Crippen LogP contribution in [-0.2, 0) is 14.2 Å². The molecule has 12 nitrogen and oxygen atoms in total. The minimum Gasteiger partial charge on any atom is -0.389 e. The fourth-order valence-electron chi connectivity index (χ4n) is 1.82. The molecule has 12 N–H and O–H groups in total. The zero-order valence-corrected chi connectivity index (χ0v) is 17.3. The minimum atomic E-state index is -1.22. The van der Waals surface area contributed by atoms with Gasteiger partial charge in [-0.05, 0) is 0 Å². The van der Waals surface area contributed by atoms with Crippen molar-refractivity contribution < 1.29 is 44.8 Å². The van der Waals surface area contributed by atoms with Crippen LogP contribution in [0.4, 0.5) is 0 Å². The summed E-state index contributed by atoms with van der Waals surface area (Å²) < 4.78 is 15.9. The zero-order valence-electron chi connectivity index (χ0n) is 17.3. The van der Waals surface area contributed by atoms with Gasteiger partial charge < -0.3 is 62.1 Å². The molecule has 0 aromatic heterocycles. The van der Waals surface area contributed by atoms with Crippen LogP contribution in [0, 0.1) is 0 Å². The van der Waals surface area contributed by atoms with Gasteiger partial charge in [0, 0.05) is 19.6 Å². The third-order valence-electron chi connectivity index (χ3n) is 3.74. The van der Waals surface area contributed by atoms with Gasteiger partial charge in [-0.25, -0.2) is 0 Å². The number of hydrogen-bond acceptors (Lipinski definition) is 12. The summed E-state index contributed by atoms with van der Waals surface area (Å²) >= 11 is 0. The van der Waals surface area contributed by atoms with Gasteiger partial charge in [0.15, 0.2) is 0 Å². The number of nitrogens with two attached hydrogens (primary N) is 3. The van der Waals surface area contributed by atoms with Crippen molar-refractivity contribution in [1.82, 2.24) is 0 Å². The van der Waals surface area contributed by atoms with Gasteiger partial charge in [0.05, 0.1) is 51.3 Å². The molecule has 0 aliphatic carbocycles. The van der Waals surface area contributed by atoms with Crippen LogP contribution >= 0.6 is 0 Å². The average Bonchev–Trinajstić information content (AvgIpc) is 2.75. The molecule has 0 bridgehead atoms. The first kappa shape index (κ1) is 30.7. The molecule has 0 aromatic carbocycles. The van der Waals surface area contributed by atoms with Crippen molar-refractivity contribution in [3.63, 3.8) is 0 Å². The highest BCUT2D eigenvalue weighted by Crippen LogP contribution is 2.03. The molecule has 0 saturated heterocycles. The predicted molar refractivity (Wildman–Crippen MR) is 106 cm³/mol. The van der Waals surface area contributed by atoms with Crippen LogP contribution in [0.3, 0.4) is 0 Å². The summed E-state index contributed by atoms with van der Waals surface area (Å²) in [6.45, 7) is 2.79. The second-order valence-corrected chi connectivity index (χ2v) is 6.14. The molecule has 0 aliphatic heterocycles. The van der Waals surface area contributed by atoms with Gasteiger partial charge in [-0.3, -0.25) is 0 Å². The number of ether oxygens (including phenoxy) is 3. The molecule has 6 unspecified atom stereocenters. The summed E-state index contributed by atoms with van der Waals surface area (Å²) in [5, 5.41) is 57.1. The van der Waals surface area contributed by atoms with E-state index in [1.807, 2.05) is 13.8 Å². The van der Waals surface area contributed by atoms with E-state index < -0.39 is 42.7 Å². The highest BCUT2D eigenvalue weighted by atomic mass is 16.6. The Bertz CT molecular complexity index is 336. The molecule has 0 saturated carbocycles. The second-order valence-electron chi connectivity index (χ2n) is 6.14. The molecule has 0 rings (SSSR count). The largest absolute Gasteiger partial charge is 0.389 e. The lowest BCUT2D eigenvalue weighted by Gasteiger charge is -2.24. The zero-order chi connectivity index (χ0) is 22.8. The summed E-state index contributed by atoms with van der Waals surface area (Å²) in [5.74, 6) is 0. The van der Waals surface area contributed by atoms with Crippen LogP contribution in [0.5, 0.6) is 0 Å². The Balaban J connectivity index is 0. The maximum absolute atomic E-state index is 9.69. The van der Waals surface area contributed by atoms with E-state index in [9.17, 15) is 30.6 Å². The topological polar surface area (TPSA) is 227 Å². The van der Waals surface area contributed by atoms with Crippen molar-refractivity contribution in [1.29, 1.82) is 0 Å².